The normalized spacial score (nSPS) is 10.5. The van der Waals surface area contributed by atoms with Crippen molar-refractivity contribution in [2.24, 2.45) is 0 Å². The molecule has 0 saturated heterocycles. The van der Waals surface area contributed by atoms with Crippen LogP contribution in [0, 0.1) is 13.8 Å². The van der Waals surface area contributed by atoms with Crippen molar-refractivity contribution in [2.75, 3.05) is 0 Å². The van der Waals surface area contributed by atoms with Gasteiger partial charge in [0, 0.05) is 11.3 Å². The molecule has 0 fully saturated rings. The molecule has 0 N–H and O–H groups in total. The molecule has 0 saturated carbocycles. The van der Waals surface area contributed by atoms with Crippen LogP contribution in [0.3, 0.4) is 0 Å². The highest BCUT2D eigenvalue weighted by molar-refractivity contribution is 5.88. The smallest absolute Gasteiger partial charge is 0.0752 e. The number of carbonyl (C=O) groups is 1. The maximum atomic E-state index is 10.9. The fourth-order valence-corrected chi connectivity index (χ4v) is 1.90. The van der Waals surface area contributed by atoms with Crippen LogP contribution in [0.25, 0.3) is 0 Å². The quantitative estimate of drug-likeness (QED) is 0.786. The molecule has 0 atom stereocenters. The Morgan fingerprint density at radius 1 is 1.29 bits per heavy atom. The second-order valence-electron chi connectivity index (χ2n) is 3.98. The zero-order valence-corrected chi connectivity index (χ0v) is 9.80. The summed E-state index contributed by atoms with van der Waals surface area (Å²) in [5.74, 6) is -1.17. The molecule has 2 aromatic rings. The second-order valence-corrected chi connectivity index (χ2v) is 3.98. The number of nitrogens with zero attached hydrogens (tertiary/aromatic N) is 2. The predicted molar refractivity (Wildman–Crippen MR) is 61.6 cm³/mol. The lowest BCUT2D eigenvalue weighted by molar-refractivity contribution is -0.255. The molecule has 88 valence electrons. The predicted octanol–water partition coefficient (Wildman–Crippen LogP) is 0.912. The highest BCUT2D eigenvalue weighted by Crippen LogP contribution is 2.13. The Balaban J connectivity index is 2.35. The van der Waals surface area contributed by atoms with Gasteiger partial charge in [-0.1, -0.05) is 30.3 Å². The van der Waals surface area contributed by atoms with Crippen molar-refractivity contribution in [3.8, 4) is 0 Å². The van der Waals surface area contributed by atoms with Gasteiger partial charge in [0.1, 0.15) is 0 Å². The Morgan fingerprint density at radius 3 is 2.47 bits per heavy atom. The molecular weight excluding hydrogens is 216 g/mol. The van der Waals surface area contributed by atoms with Crippen LogP contribution in [0.5, 0.6) is 0 Å². The maximum Gasteiger partial charge on any atom is 0.0752 e. The third-order valence-electron chi connectivity index (χ3n) is 2.76. The summed E-state index contributed by atoms with van der Waals surface area (Å²) in [6, 6.07) is 9.79. The van der Waals surface area contributed by atoms with Gasteiger partial charge in [-0.25, -0.2) is 0 Å². The van der Waals surface area contributed by atoms with Crippen LogP contribution in [0.2, 0.25) is 0 Å². The van der Waals surface area contributed by atoms with Gasteiger partial charge >= 0.3 is 0 Å². The first-order valence-corrected chi connectivity index (χ1v) is 5.39. The highest BCUT2D eigenvalue weighted by Gasteiger charge is 2.12. The Bertz CT molecular complexity index is 544. The molecule has 1 aromatic heterocycles. The van der Waals surface area contributed by atoms with E-state index in [9.17, 15) is 9.90 Å². The zero-order chi connectivity index (χ0) is 12.4. The first-order valence-electron chi connectivity index (χ1n) is 5.39. The fraction of sp³-hybridized carbons (Fsp3) is 0.231. The van der Waals surface area contributed by atoms with E-state index in [4.69, 9.17) is 0 Å². The number of aromatic nitrogens is 2. The minimum atomic E-state index is -1.17. The first kappa shape index (κ1) is 11.4. The number of benzene rings is 1. The highest BCUT2D eigenvalue weighted by atomic mass is 16.4. The summed E-state index contributed by atoms with van der Waals surface area (Å²) in [6.45, 7) is 3.99. The van der Waals surface area contributed by atoms with Gasteiger partial charge < -0.3 is 9.90 Å². The monoisotopic (exact) mass is 229 g/mol. The van der Waals surface area contributed by atoms with Gasteiger partial charge in [0.05, 0.1) is 18.2 Å². The molecule has 0 unspecified atom stereocenters. The van der Waals surface area contributed by atoms with E-state index in [1.807, 2.05) is 30.3 Å². The van der Waals surface area contributed by atoms with E-state index < -0.39 is 5.97 Å². The van der Waals surface area contributed by atoms with E-state index in [1.54, 1.807) is 18.5 Å². The van der Waals surface area contributed by atoms with Crippen LogP contribution in [0.15, 0.2) is 30.3 Å². The molecule has 4 nitrogen and oxygen atoms in total. The average Bonchev–Trinajstić information content (AvgIpc) is 2.55. The molecule has 0 amide bonds. The lowest BCUT2D eigenvalue weighted by Crippen LogP contribution is -2.23. The van der Waals surface area contributed by atoms with Crippen molar-refractivity contribution in [1.82, 2.24) is 9.78 Å². The zero-order valence-electron chi connectivity index (χ0n) is 9.80. The second kappa shape index (κ2) is 4.41. The molecule has 1 aromatic carbocycles. The Kier molecular flexibility index (Phi) is 2.95. The Morgan fingerprint density at radius 2 is 1.94 bits per heavy atom. The number of hydrogen-bond donors (Lipinski definition) is 0. The first-order chi connectivity index (χ1) is 8.09. The van der Waals surface area contributed by atoms with E-state index in [0.717, 1.165) is 5.56 Å². The van der Waals surface area contributed by atoms with Crippen LogP contribution in [-0.2, 0) is 6.54 Å². The average molecular weight is 229 g/mol. The van der Waals surface area contributed by atoms with Crippen molar-refractivity contribution >= 4 is 5.97 Å². The molecule has 0 spiro atoms. The largest absolute Gasteiger partial charge is 0.545 e. The van der Waals surface area contributed by atoms with Crippen LogP contribution < -0.4 is 5.11 Å². The number of aromatic carboxylic acids is 1. The molecule has 2 rings (SSSR count). The number of hydrogen-bond acceptors (Lipinski definition) is 3. The third-order valence-corrected chi connectivity index (χ3v) is 2.76. The molecule has 17 heavy (non-hydrogen) atoms. The molecule has 4 heteroatoms. The van der Waals surface area contributed by atoms with Crippen molar-refractivity contribution in [1.29, 1.82) is 0 Å². The molecule has 0 bridgehead atoms. The van der Waals surface area contributed by atoms with Crippen LogP contribution in [0.1, 0.15) is 27.3 Å². The van der Waals surface area contributed by atoms with Crippen LogP contribution in [0.4, 0.5) is 0 Å². The van der Waals surface area contributed by atoms with Crippen molar-refractivity contribution in [2.45, 2.75) is 20.4 Å². The molecule has 0 radical (unpaired) electrons. The number of carboxylic acid groups (broad SMARTS) is 1. The van der Waals surface area contributed by atoms with Gasteiger partial charge in [-0.2, -0.15) is 5.10 Å². The lowest BCUT2D eigenvalue weighted by Gasteiger charge is -2.06. The SMILES string of the molecule is Cc1nn(Cc2ccccc2)c(C)c1C(=O)[O-]. The molecule has 1 heterocycles. The Labute approximate surface area is 99.5 Å². The number of rotatable bonds is 3. The van der Waals surface area contributed by atoms with Crippen LogP contribution in [-0.4, -0.2) is 15.7 Å². The summed E-state index contributed by atoms with van der Waals surface area (Å²) in [5.41, 5.74) is 2.41. The van der Waals surface area contributed by atoms with Gasteiger partial charge in [0.15, 0.2) is 0 Å². The third kappa shape index (κ3) is 2.20. The molecule has 0 aliphatic heterocycles. The Hall–Kier alpha value is -2.10. The van der Waals surface area contributed by atoms with Gasteiger partial charge in [0.25, 0.3) is 0 Å². The molecular formula is C13H13N2O2-. The van der Waals surface area contributed by atoms with E-state index in [-0.39, 0.29) is 5.56 Å². The summed E-state index contributed by atoms with van der Waals surface area (Å²) < 4.78 is 1.69. The van der Waals surface area contributed by atoms with E-state index >= 15 is 0 Å². The standard InChI is InChI=1S/C13H14N2O2/c1-9-12(13(16)17)10(2)15(14-9)8-11-6-4-3-5-7-11/h3-7H,8H2,1-2H3,(H,16,17)/p-1. The van der Waals surface area contributed by atoms with E-state index in [1.165, 1.54) is 0 Å². The number of aryl methyl sites for hydroxylation is 1. The summed E-state index contributed by atoms with van der Waals surface area (Å²) in [5, 5.41) is 15.2. The van der Waals surface area contributed by atoms with Gasteiger partial charge in [0.2, 0.25) is 0 Å². The minimum Gasteiger partial charge on any atom is -0.545 e. The summed E-state index contributed by atoms with van der Waals surface area (Å²) >= 11 is 0. The van der Waals surface area contributed by atoms with E-state index in [2.05, 4.69) is 5.10 Å². The topological polar surface area (TPSA) is 58.0 Å². The van der Waals surface area contributed by atoms with Gasteiger partial charge in [-0.3, -0.25) is 4.68 Å². The minimum absolute atomic E-state index is 0.195. The molecule has 0 aliphatic rings. The van der Waals surface area contributed by atoms with Crippen molar-refractivity contribution < 1.29 is 9.90 Å². The maximum absolute atomic E-state index is 10.9. The number of carbonyl (C=O) groups excluding carboxylic acids is 1. The summed E-state index contributed by atoms with van der Waals surface area (Å²) in [6.07, 6.45) is 0. The summed E-state index contributed by atoms with van der Waals surface area (Å²) in [7, 11) is 0. The van der Waals surface area contributed by atoms with Gasteiger partial charge in [-0.05, 0) is 19.4 Å². The van der Waals surface area contributed by atoms with Crippen molar-refractivity contribution in [3.63, 3.8) is 0 Å². The molecule has 0 aliphatic carbocycles. The fourth-order valence-electron chi connectivity index (χ4n) is 1.90. The number of carboxylic acids is 1. The van der Waals surface area contributed by atoms with Gasteiger partial charge in [-0.15, -0.1) is 0 Å². The lowest BCUT2D eigenvalue weighted by atomic mass is 10.2. The van der Waals surface area contributed by atoms with Crippen LogP contribution >= 0.6 is 0 Å². The van der Waals surface area contributed by atoms with Crippen molar-refractivity contribution in [3.05, 3.63) is 52.8 Å². The van der Waals surface area contributed by atoms with E-state index in [0.29, 0.717) is 17.9 Å². The summed E-state index contributed by atoms with van der Waals surface area (Å²) in [4.78, 5) is 10.9.